The molecule has 2 aliphatic rings. The van der Waals surface area contributed by atoms with E-state index in [-0.39, 0.29) is 23.4 Å². The second kappa shape index (κ2) is 18.9. The number of ether oxygens (including phenoxy) is 1. The number of aliphatic hydroxyl groups excluding tert-OH is 1. The lowest BCUT2D eigenvalue weighted by Gasteiger charge is -2.38. The summed E-state index contributed by atoms with van der Waals surface area (Å²) < 4.78 is 15.9. The van der Waals surface area contributed by atoms with Crippen molar-refractivity contribution >= 4 is 95.8 Å². The second-order valence-corrected chi connectivity index (χ2v) is 26.8. The summed E-state index contributed by atoms with van der Waals surface area (Å²) in [5.41, 5.74) is 10.5. The highest BCUT2D eigenvalue weighted by molar-refractivity contribution is 9.11. The third-order valence-electron chi connectivity index (χ3n) is 10.7. The van der Waals surface area contributed by atoms with Crippen molar-refractivity contribution in [2.45, 2.75) is 96.7 Å². The molecule has 0 unspecified atom stereocenters. The first-order valence-electron chi connectivity index (χ1n) is 19.1. The van der Waals surface area contributed by atoms with Crippen LogP contribution in [0.5, 0.6) is 5.75 Å². The van der Waals surface area contributed by atoms with Crippen molar-refractivity contribution in [3.63, 3.8) is 0 Å². The van der Waals surface area contributed by atoms with E-state index in [1.54, 1.807) is 22.7 Å². The Morgan fingerprint density at radius 3 is 1.96 bits per heavy atom. The van der Waals surface area contributed by atoms with E-state index >= 15 is 0 Å². The van der Waals surface area contributed by atoms with Crippen molar-refractivity contribution in [1.82, 2.24) is 0 Å². The first-order valence-corrected chi connectivity index (χ1v) is 27.0. The normalized spacial score (nSPS) is 15.9. The molecule has 0 fully saturated rings. The van der Waals surface area contributed by atoms with Gasteiger partial charge in [0.25, 0.3) is 0 Å². The lowest BCUT2D eigenvalue weighted by molar-refractivity contribution is 0.180. The van der Waals surface area contributed by atoms with Crippen molar-refractivity contribution in [1.29, 1.82) is 0 Å². The average Bonchev–Trinajstić information content (AvgIpc) is 4.02. The molecule has 3 aromatic carbocycles. The van der Waals surface area contributed by atoms with Gasteiger partial charge in [-0.3, -0.25) is 0 Å². The Labute approximate surface area is 376 Å². The molecule has 3 heterocycles. The zero-order chi connectivity index (χ0) is 41.1. The Morgan fingerprint density at radius 1 is 0.772 bits per heavy atom. The zero-order valence-corrected chi connectivity index (χ0v) is 41.5. The molecule has 2 aliphatic carbocycles. The fraction of sp³-hybridized carbons (Fsp3) is 0.326. The van der Waals surface area contributed by atoms with Gasteiger partial charge < -0.3 is 14.3 Å². The zero-order valence-electron chi connectivity index (χ0n) is 33.3. The Balaban J connectivity index is 0.000000166. The monoisotopic (exact) mass is 1020 g/mol. The van der Waals surface area contributed by atoms with Gasteiger partial charge in [0.2, 0.25) is 5.69 Å². The highest BCUT2D eigenvalue weighted by atomic mass is 79.9. The number of hydrogen-bond donors (Lipinski definition) is 1. The summed E-state index contributed by atoms with van der Waals surface area (Å²) >= 11 is 15.4. The maximum atomic E-state index is 10.1. The van der Waals surface area contributed by atoms with Gasteiger partial charge in [0.1, 0.15) is 5.75 Å². The van der Waals surface area contributed by atoms with Crippen molar-refractivity contribution in [3.8, 4) is 37.8 Å². The molecule has 0 amide bonds. The number of halogens is 3. The number of hydrogen-bond acceptors (Lipinski definition) is 6. The molecule has 298 valence electrons. The first-order chi connectivity index (χ1) is 27.0. The van der Waals surface area contributed by atoms with Crippen molar-refractivity contribution in [3.05, 3.63) is 135 Å². The highest BCUT2D eigenvalue weighted by Crippen LogP contribution is 2.47. The molecule has 1 N–H and O–H groups in total. The Bertz CT molecular complexity index is 2350. The van der Waals surface area contributed by atoms with E-state index in [0.29, 0.717) is 11.4 Å². The smallest absolute Gasteiger partial charge is 0.228 e. The predicted octanol–water partition coefficient (Wildman–Crippen LogP) is 16.9. The quantitative estimate of drug-likeness (QED) is 0.128. The van der Waals surface area contributed by atoms with Crippen molar-refractivity contribution in [2.24, 2.45) is 0 Å². The van der Waals surface area contributed by atoms with Gasteiger partial charge >= 0.3 is 0 Å². The molecule has 0 bridgehead atoms. The summed E-state index contributed by atoms with van der Waals surface area (Å²) in [7, 11) is -1.74. The fourth-order valence-corrected chi connectivity index (χ4v) is 12.6. The first kappa shape index (κ1) is 44.2. The molecule has 57 heavy (non-hydrogen) atoms. The summed E-state index contributed by atoms with van der Waals surface area (Å²) in [6.07, 6.45) is 3.94. The minimum Gasteiger partial charge on any atom is -0.502 e. The Morgan fingerprint density at radius 2 is 1.39 bits per heavy atom. The van der Waals surface area contributed by atoms with Gasteiger partial charge in [-0.25, -0.2) is 4.85 Å². The minimum absolute atomic E-state index is 0.0413. The lowest BCUT2D eigenvalue weighted by atomic mass is 10.0. The summed E-state index contributed by atoms with van der Waals surface area (Å²) in [5.74, 6) is 0.633. The number of nitrogens with zero attached hydrogens (tertiary/aromatic N) is 1. The molecule has 3 aromatic heterocycles. The molecular weight excluding hydrogens is 979 g/mol. The predicted molar refractivity (Wildman–Crippen MR) is 257 cm³/mol. The molecule has 2 atom stereocenters. The molecule has 0 spiro atoms. The van der Waals surface area contributed by atoms with Gasteiger partial charge in [-0.1, -0.05) is 63.2 Å². The van der Waals surface area contributed by atoms with E-state index in [4.69, 9.17) is 15.7 Å². The molecule has 0 aliphatic heterocycles. The van der Waals surface area contributed by atoms with Crippen LogP contribution in [0.15, 0.2) is 102 Å². The van der Waals surface area contributed by atoms with E-state index in [1.165, 1.54) is 45.8 Å². The van der Waals surface area contributed by atoms with Gasteiger partial charge in [0, 0.05) is 29.5 Å². The van der Waals surface area contributed by atoms with Crippen LogP contribution < -0.4 is 4.74 Å². The largest absolute Gasteiger partial charge is 0.502 e. The van der Waals surface area contributed by atoms with Crippen LogP contribution in [0.1, 0.15) is 81.9 Å². The molecule has 0 saturated heterocycles. The van der Waals surface area contributed by atoms with E-state index in [0.717, 1.165) is 46.8 Å². The maximum absolute atomic E-state index is 10.1. The van der Waals surface area contributed by atoms with Crippen LogP contribution in [0.25, 0.3) is 36.9 Å². The van der Waals surface area contributed by atoms with Crippen LogP contribution in [0.4, 0.5) is 5.69 Å². The number of benzene rings is 3. The van der Waals surface area contributed by atoms with E-state index in [1.807, 2.05) is 67.0 Å². The van der Waals surface area contributed by atoms with Gasteiger partial charge in [-0.05, 0) is 186 Å². The van der Waals surface area contributed by atoms with Crippen LogP contribution in [0.3, 0.4) is 0 Å². The standard InChI is InChI=1S/C23H21NO2S.C19H25BrOSSi.C4H2Br2S/c1-14(2)26-22-10-7-15(11-20(22)24-3)16-12-23(27-13-16)19-6-4-5-18-17(19)8-9-21(18)25;1-19(2,3)23(4,5)21-17-10-9-14-15(17)7-6-8-16(14)18-11-13(20)12-22-18;5-3-1-4(6)7-2-3/h4-7,10-14,21,25H,8-9H2,1-2H3;6-8,11-12,17H,9-10H2,1-5H3;1-2H/t21-;17-;/m11./s1. The highest BCUT2D eigenvalue weighted by Gasteiger charge is 2.41. The molecule has 11 heteroatoms. The number of thiophene rings is 3. The SMILES string of the molecule is Brc1csc(Br)c1.CC(C)(C)[Si](C)(C)O[C@@H]1CCc2c(-c3cc(Br)cs3)cccc21.[C-]#[N+]c1cc(-c2csc(-c3cccc4c3CC[C@H]4O)c2)ccc1OC(C)C. The van der Waals surface area contributed by atoms with E-state index in [9.17, 15) is 5.11 Å². The molecular formula is C46H48Br3NO3S3Si. The second-order valence-electron chi connectivity index (χ2n) is 16.1. The molecule has 0 saturated carbocycles. The minimum atomic E-state index is -1.74. The molecule has 4 nitrogen and oxygen atoms in total. The van der Waals surface area contributed by atoms with E-state index in [2.05, 4.69) is 134 Å². The van der Waals surface area contributed by atoms with Gasteiger partial charge in [0.15, 0.2) is 8.32 Å². The van der Waals surface area contributed by atoms with Crippen LogP contribution in [-0.2, 0) is 17.3 Å². The van der Waals surface area contributed by atoms with Crippen molar-refractivity contribution < 1.29 is 14.3 Å². The summed E-state index contributed by atoms with van der Waals surface area (Å²) in [6, 6.07) is 25.1. The summed E-state index contributed by atoms with van der Waals surface area (Å²) in [6.45, 7) is 23.0. The number of fused-ring (bicyclic) bond motifs is 2. The molecule has 0 radical (unpaired) electrons. The summed E-state index contributed by atoms with van der Waals surface area (Å²) in [4.78, 5) is 6.18. The summed E-state index contributed by atoms with van der Waals surface area (Å²) in [5, 5.41) is 16.7. The van der Waals surface area contributed by atoms with Crippen molar-refractivity contribution in [2.75, 3.05) is 0 Å². The van der Waals surface area contributed by atoms with Crippen LogP contribution >= 0.6 is 81.8 Å². The van der Waals surface area contributed by atoms with Crippen LogP contribution in [0.2, 0.25) is 18.1 Å². The molecule has 6 aromatic rings. The Kier molecular flexibility index (Phi) is 14.7. The van der Waals surface area contributed by atoms with Gasteiger partial charge in [-0.2, -0.15) is 0 Å². The van der Waals surface area contributed by atoms with Gasteiger partial charge in [-0.15, -0.1) is 34.0 Å². The molecule has 8 rings (SSSR count). The van der Waals surface area contributed by atoms with E-state index < -0.39 is 8.32 Å². The topological polar surface area (TPSA) is 43.0 Å². The Hall–Kier alpha value is -2.37. The van der Waals surface area contributed by atoms with Gasteiger partial charge in [0.05, 0.1) is 28.7 Å². The average molecular weight is 1030 g/mol. The maximum Gasteiger partial charge on any atom is 0.228 e. The lowest BCUT2D eigenvalue weighted by Crippen LogP contribution is -2.41. The fourth-order valence-electron chi connectivity index (χ4n) is 6.88. The number of aliphatic hydroxyl groups is 1. The third kappa shape index (κ3) is 10.7. The van der Waals surface area contributed by atoms with Crippen LogP contribution in [0, 0.1) is 6.57 Å². The number of rotatable bonds is 7. The van der Waals surface area contributed by atoms with Crippen LogP contribution in [-0.4, -0.2) is 19.5 Å². The third-order valence-corrected chi connectivity index (χ3v) is 20.1.